The van der Waals surface area contributed by atoms with Gasteiger partial charge >= 0.3 is 6.09 Å². The first-order chi connectivity index (χ1) is 15.6. The number of halogens is 1. The number of hydrogen-bond donors (Lipinski definition) is 3. The van der Waals surface area contributed by atoms with E-state index in [2.05, 4.69) is 20.1 Å². The molecule has 2 aromatic rings. The number of anilines is 1. The van der Waals surface area contributed by atoms with E-state index in [0.717, 1.165) is 5.56 Å². The first-order valence-electron chi connectivity index (χ1n) is 10.5. The van der Waals surface area contributed by atoms with Gasteiger partial charge in [0.25, 0.3) is 5.91 Å². The molecule has 1 atom stereocenters. The van der Waals surface area contributed by atoms with Crippen LogP contribution in [0.2, 0.25) is 0 Å². The zero-order chi connectivity index (χ0) is 24.5. The van der Waals surface area contributed by atoms with E-state index in [9.17, 15) is 22.4 Å². The molecular formula is C23H30FN3O5S. The molecule has 10 heteroatoms. The summed E-state index contributed by atoms with van der Waals surface area (Å²) in [5.41, 5.74) is 0.276. The van der Waals surface area contributed by atoms with Gasteiger partial charge < -0.3 is 15.4 Å². The summed E-state index contributed by atoms with van der Waals surface area (Å²) in [5, 5.41) is 5.33. The summed E-state index contributed by atoms with van der Waals surface area (Å²) in [6, 6.07) is 13.1. The van der Waals surface area contributed by atoms with Gasteiger partial charge in [0.05, 0.1) is 12.9 Å². The predicted octanol–water partition coefficient (Wildman–Crippen LogP) is 3.35. The molecule has 8 nitrogen and oxygen atoms in total. The molecule has 180 valence electrons. The quantitative estimate of drug-likeness (QED) is 0.457. The third-order valence-electron chi connectivity index (χ3n) is 4.93. The van der Waals surface area contributed by atoms with E-state index in [-0.39, 0.29) is 18.2 Å². The second-order valence-corrected chi connectivity index (χ2v) is 9.66. The summed E-state index contributed by atoms with van der Waals surface area (Å²) in [6.07, 6.45) is 0.541. The molecule has 2 amide bonds. The number of sulfonamides is 1. The number of alkyl halides is 1. The number of methoxy groups -OCH3 is 1. The Kier molecular flexibility index (Phi) is 9.36. The molecule has 3 N–H and O–H groups in total. The largest absolute Gasteiger partial charge is 0.453 e. The van der Waals surface area contributed by atoms with Gasteiger partial charge in [-0.3, -0.25) is 4.79 Å². The van der Waals surface area contributed by atoms with E-state index in [1.807, 2.05) is 0 Å². The molecule has 0 aliphatic heterocycles. The van der Waals surface area contributed by atoms with Crippen LogP contribution in [0.1, 0.15) is 41.8 Å². The van der Waals surface area contributed by atoms with Crippen LogP contribution in [-0.4, -0.2) is 46.4 Å². The molecule has 0 aromatic heterocycles. The fourth-order valence-corrected chi connectivity index (χ4v) is 4.17. The molecular weight excluding hydrogens is 449 g/mol. The lowest BCUT2D eigenvalue weighted by molar-refractivity contribution is 0.102. The van der Waals surface area contributed by atoms with Crippen LogP contribution >= 0.6 is 0 Å². The highest BCUT2D eigenvalue weighted by atomic mass is 32.2. The van der Waals surface area contributed by atoms with Crippen LogP contribution in [0.25, 0.3) is 0 Å². The van der Waals surface area contributed by atoms with E-state index in [1.54, 1.807) is 43.3 Å². The van der Waals surface area contributed by atoms with Gasteiger partial charge in [-0.2, -0.15) is 0 Å². The number of amides is 2. The number of nitrogens with one attached hydrogen (secondary N) is 3. The molecule has 2 aromatic carbocycles. The molecule has 1 unspecified atom stereocenters. The summed E-state index contributed by atoms with van der Waals surface area (Å²) in [5.74, 6) is -0.378. The van der Waals surface area contributed by atoms with Crippen LogP contribution in [-0.2, 0) is 26.8 Å². The Balaban J connectivity index is 1.93. The van der Waals surface area contributed by atoms with Gasteiger partial charge in [0.2, 0.25) is 10.0 Å². The van der Waals surface area contributed by atoms with Crippen molar-refractivity contribution in [2.45, 2.75) is 32.4 Å². The average Bonchev–Trinajstić information content (AvgIpc) is 2.78. The lowest BCUT2D eigenvalue weighted by Crippen LogP contribution is -2.36. The number of rotatable bonds is 11. The van der Waals surface area contributed by atoms with Gasteiger partial charge in [-0.15, -0.1) is 0 Å². The molecule has 0 heterocycles. The van der Waals surface area contributed by atoms with E-state index in [0.29, 0.717) is 36.2 Å². The molecule has 0 aliphatic rings. The molecule has 0 radical (unpaired) electrons. The number of ether oxygens (including phenoxy) is 1. The van der Waals surface area contributed by atoms with E-state index >= 15 is 0 Å². The van der Waals surface area contributed by atoms with Crippen LogP contribution in [0.5, 0.6) is 0 Å². The number of benzene rings is 2. The van der Waals surface area contributed by atoms with E-state index < -0.39 is 21.8 Å². The van der Waals surface area contributed by atoms with Crippen molar-refractivity contribution in [3.05, 3.63) is 65.2 Å². The SMILES string of the molecule is CCCS(=O)(=O)NCC(C)(F)c1ccc(NC(=O)c2ccc(CCNC(=O)OC)cc2)cc1. The fraction of sp³-hybridized carbons (Fsp3) is 0.391. The zero-order valence-corrected chi connectivity index (χ0v) is 19.8. The molecule has 0 bridgehead atoms. The minimum Gasteiger partial charge on any atom is -0.453 e. The Bertz CT molecular complexity index is 1040. The highest BCUT2D eigenvalue weighted by Gasteiger charge is 2.27. The smallest absolute Gasteiger partial charge is 0.406 e. The van der Waals surface area contributed by atoms with Crippen molar-refractivity contribution < 1.29 is 27.1 Å². The number of carbonyl (C=O) groups is 2. The monoisotopic (exact) mass is 479 g/mol. The summed E-state index contributed by atoms with van der Waals surface area (Å²) in [6.45, 7) is 3.08. The number of hydrogen-bond acceptors (Lipinski definition) is 5. The number of carbonyl (C=O) groups excluding carboxylic acids is 2. The second kappa shape index (κ2) is 11.8. The maximum Gasteiger partial charge on any atom is 0.406 e. The van der Waals surface area contributed by atoms with Crippen molar-refractivity contribution in [3.63, 3.8) is 0 Å². The van der Waals surface area contributed by atoms with Crippen molar-refractivity contribution in [1.82, 2.24) is 10.0 Å². The zero-order valence-electron chi connectivity index (χ0n) is 19.0. The average molecular weight is 480 g/mol. The van der Waals surface area contributed by atoms with Crippen LogP contribution in [0.4, 0.5) is 14.9 Å². The third kappa shape index (κ3) is 8.47. The van der Waals surface area contributed by atoms with Gasteiger partial charge in [-0.25, -0.2) is 22.3 Å². The van der Waals surface area contributed by atoms with Gasteiger partial charge in [-0.05, 0) is 55.2 Å². The Morgan fingerprint density at radius 1 is 1.06 bits per heavy atom. The van der Waals surface area contributed by atoms with E-state index in [1.165, 1.54) is 26.2 Å². The minimum atomic E-state index is -3.51. The van der Waals surface area contributed by atoms with Gasteiger partial charge in [-0.1, -0.05) is 31.2 Å². The van der Waals surface area contributed by atoms with Crippen LogP contribution in [0.3, 0.4) is 0 Å². The lowest BCUT2D eigenvalue weighted by atomic mass is 9.98. The third-order valence-corrected chi connectivity index (χ3v) is 6.46. The predicted molar refractivity (Wildman–Crippen MR) is 125 cm³/mol. The highest BCUT2D eigenvalue weighted by molar-refractivity contribution is 7.89. The van der Waals surface area contributed by atoms with Crippen LogP contribution in [0, 0.1) is 0 Å². The molecule has 0 saturated carbocycles. The first kappa shape index (κ1) is 26.3. The van der Waals surface area contributed by atoms with Crippen LogP contribution in [0.15, 0.2) is 48.5 Å². The second-order valence-electron chi connectivity index (χ2n) is 7.73. The van der Waals surface area contributed by atoms with Crippen molar-refractivity contribution in [1.29, 1.82) is 0 Å². The van der Waals surface area contributed by atoms with Crippen molar-refractivity contribution >= 4 is 27.7 Å². The Labute approximate surface area is 194 Å². The summed E-state index contributed by atoms with van der Waals surface area (Å²) in [7, 11) is -2.22. The van der Waals surface area contributed by atoms with Crippen molar-refractivity contribution in [3.8, 4) is 0 Å². The fourth-order valence-electron chi connectivity index (χ4n) is 3.00. The van der Waals surface area contributed by atoms with E-state index in [4.69, 9.17) is 0 Å². The lowest BCUT2D eigenvalue weighted by Gasteiger charge is -2.21. The van der Waals surface area contributed by atoms with Crippen molar-refractivity contribution in [2.24, 2.45) is 0 Å². The van der Waals surface area contributed by atoms with Crippen LogP contribution < -0.4 is 15.4 Å². The Hall–Kier alpha value is -2.98. The first-order valence-corrected chi connectivity index (χ1v) is 12.2. The maximum absolute atomic E-state index is 15.0. The number of alkyl carbamates (subject to hydrolysis) is 1. The topological polar surface area (TPSA) is 114 Å². The van der Waals surface area contributed by atoms with Crippen molar-refractivity contribution in [2.75, 3.05) is 31.3 Å². The van der Waals surface area contributed by atoms with Gasteiger partial charge in [0.15, 0.2) is 0 Å². The molecule has 0 aliphatic carbocycles. The molecule has 33 heavy (non-hydrogen) atoms. The summed E-state index contributed by atoms with van der Waals surface area (Å²) in [4.78, 5) is 23.5. The van der Waals surface area contributed by atoms with Gasteiger partial charge in [0.1, 0.15) is 5.67 Å². The highest BCUT2D eigenvalue weighted by Crippen LogP contribution is 2.26. The maximum atomic E-state index is 15.0. The molecule has 0 spiro atoms. The standard InChI is InChI=1S/C23H30FN3O5S/c1-4-15-33(30,31)26-16-23(2,24)19-9-11-20(12-10-19)27-21(28)18-7-5-17(6-8-18)13-14-25-22(29)32-3/h5-12,26H,4,13-16H2,1-3H3,(H,25,29)(H,27,28). The Morgan fingerprint density at radius 3 is 2.27 bits per heavy atom. The summed E-state index contributed by atoms with van der Waals surface area (Å²) >= 11 is 0. The molecule has 0 saturated heterocycles. The Morgan fingerprint density at radius 2 is 1.70 bits per heavy atom. The summed E-state index contributed by atoms with van der Waals surface area (Å²) < 4.78 is 45.4. The molecule has 0 fully saturated rings. The minimum absolute atomic E-state index is 0.0561. The van der Waals surface area contributed by atoms with Gasteiger partial charge in [0, 0.05) is 24.3 Å². The molecule has 2 rings (SSSR count). The normalized spacial score (nSPS) is 13.1.